The Kier molecular flexibility index (Phi) is 5.76. The molecule has 0 spiro atoms. The molecule has 2 aromatic rings. The normalized spacial score (nSPS) is 12.4. The van der Waals surface area contributed by atoms with E-state index in [4.69, 9.17) is 34.8 Å². The summed E-state index contributed by atoms with van der Waals surface area (Å²) in [6.45, 7) is 0. The first-order valence-electron chi connectivity index (χ1n) is 6.08. The van der Waals surface area contributed by atoms with Gasteiger partial charge in [0.05, 0.1) is 10.0 Å². The molecular formula is C15H13BrCl3N. The number of rotatable bonds is 4. The van der Waals surface area contributed by atoms with Crippen molar-refractivity contribution in [3.63, 3.8) is 0 Å². The van der Waals surface area contributed by atoms with Crippen LogP contribution < -0.4 is 5.32 Å². The molecular weight excluding hydrogens is 380 g/mol. The number of hydrogen-bond acceptors (Lipinski definition) is 1. The molecule has 106 valence electrons. The van der Waals surface area contributed by atoms with Crippen molar-refractivity contribution in [3.8, 4) is 0 Å². The van der Waals surface area contributed by atoms with Gasteiger partial charge in [0.1, 0.15) is 0 Å². The van der Waals surface area contributed by atoms with E-state index in [9.17, 15) is 0 Å². The topological polar surface area (TPSA) is 12.0 Å². The van der Waals surface area contributed by atoms with Crippen molar-refractivity contribution in [1.82, 2.24) is 5.32 Å². The highest BCUT2D eigenvalue weighted by Crippen LogP contribution is 2.32. The third-order valence-corrected chi connectivity index (χ3v) is 4.83. The molecule has 0 heterocycles. The molecule has 0 bridgehead atoms. The summed E-state index contributed by atoms with van der Waals surface area (Å²) in [5.74, 6) is 0. The molecule has 0 aliphatic heterocycles. The molecule has 0 aromatic heterocycles. The van der Waals surface area contributed by atoms with E-state index in [0.717, 1.165) is 20.6 Å². The SMILES string of the molecule is CNC(Cc1cccc(Cl)c1Cl)c1cc(Br)ccc1Cl. The van der Waals surface area contributed by atoms with Crippen LogP contribution in [-0.2, 0) is 6.42 Å². The van der Waals surface area contributed by atoms with E-state index in [-0.39, 0.29) is 6.04 Å². The molecule has 2 rings (SSSR count). The fourth-order valence-electron chi connectivity index (χ4n) is 2.08. The predicted molar refractivity (Wildman–Crippen MR) is 91.1 cm³/mol. The molecule has 0 saturated carbocycles. The molecule has 1 unspecified atom stereocenters. The van der Waals surface area contributed by atoms with Crippen LogP contribution in [0.3, 0.4) is 0 Å². The van der Waals surface area contributed by atoms with Crippen LogP contribution in [0.25, 0.3) is 0 Å². The standard InChI is InChI=1S/C15H13BrCl3N/c1-20-14(11-8-10(16)5-6-12(11)17)7-9-3-2-4-13(18)15(9)19/h2-6,8,14,20H,7H2,1H3. The van der Waals surface area contributed by atoms with E-state index in [1.165, 1.54) is 0 Å². The van der Waals surface area contributed by atoms with Gasteiger partial charge in [0, 0.05) is 15.5 Å². The second-order valence-electron chi connectivity index (χ2n) is 4.42. The van der Waals surface area contributed by atoms with Crippen molar-refractivity contribution in [1.29, 1.82) is 0 Å². The molecule has 1 atom stereocenters. The van der Waals surface area contributed by atoms with E-state index in [1.54, 1.807) is 6.07 Å². The third kappa shape index (κ3) is 3.69. The molecule has 0 radical (unpaired) electrons. The Labute approximate surface area is 142 Å². The number of nitrogens with one attached hydrogen (secondary N) is 1. The van der Waals surface area contributed by atoms with Crippen molar-refractivity contribution < 1.29 is 0 Å². The van der Waals surface area contributed by atoms with Gasteiger partial charge in [-0.25, -0.2) is 0 Å². The van der Waals surface area contributed by atoms with Crippen LogP contribution >= 0.6 is 50.7 Å². The van der Waals surface area contributed by atoms with Crippen LogP contribution in [0.4, 0.5) is 0 Å². The zero-order valence-electron chi connectivity index (χ0n) is 10.8. The summed E-state index contributed by atoms with van der Waals surface area (Å²) in [7, 11) is 1.90. The molecule has 0 amide bonds. The largest absolute Gasteiger partial charge is 0.313 e. The summed E-state index contributed by atoms with van der Waals surface area (Å²) in [6.07, 6.45) is 0.714. The van der Waals surface area contributed by atoms with Gasteiger partial charge in [0.2, 0.25) is 0 Å². The fraction of sp³-hybridized carbons (Fsp3) is 0.200. The second kappa shape index (κ2) is 7.15. The Balaban J connectivity index is 2.34. The number of likely N-dealkylation sites (N-methyl/N-ethyl adjacent to an activating group) is 1. The summed E-state index contributed by atoms with van der Waals surface area (Å²) in [5.41, 5.74) is 2.02. The van der Waals surface area contributed by atoms with Gasteiger partial charge in [0.15, 0.2) is 0 Å². The van der Waals surface area contributed by atoms with Crippen LogP contribution in [0.5, 0.6) is 0 Å². The first kappa shape index (κ1) is 16.1. The monoisotopic (exact) mass is 391 g/mol. The Morgan fingerprint density at radius 1 is 1.10 bits per heavy atom. The minimum absolute atomic E-state index is 0.0657. The van der Waals surface area contributed by atoms with Crippen molar-refractivity contribution in [3.05, 3.63) is 67.1 Å². The first-order valence-corrected chi connectivity index (χ1v) is 8.00. The molecule has 0 saturated heterocycles. The molecule has 0 fully saturated rings. The van der Waals surface area contributed by atoms with Gasteiger partial charge in [-0.05, 0) is 48.9 Å². The lowest BCUT2D eigenvalue weighted by atomic mass is 9.99. The quantitative estimate of drug-likeness (QED) is 0.681. The lowest BCUT2D eigenvalue weighted by Gasteiger charge is -2.19. The highest BCUT2D eigenvalue weighted by Gasteiger charge is 2.16. The number of benzene rings is 2. The molecule has 0 aliphatic carbocycles. The van der Waals surface area contributed by atoms with Gasteiger partial charge in [-0.1, -0.05) is 62.9 Å². The molecule has 2 aromatic carbocycles. The Bertz CT molecular complexity index is 616. The minimum atomic E-state index is 0.0657. The molecule has 5 heteroatoms. The summed E-state index contributed by atoms with van der Waals surface area (Å²) in [4.78, 5) is 0. The van der Waals surface area contributed by atoms with E-state index in [0.29, 0.717) is 16.5 Å². The van der Waals surface area contributed by atoms with E-state index in [1.807, 2.05) is 37.4 Å². The third-order valence-electron chi connectivity index (χ3n) is 3.14. The van der Waals surface area contributed by atoms with E-state index in [2.05, 4.69) is 21.2 Å². The van der Waals surface area contributed by atoms with Gasteiger partial charge in [-0.15, -0.1) is 0 Å². The lowest BCUT2D eigenvalue weighted by Crippen LogP contribution is -2.19. The van der Waals surface area contributed by atoms with Crippen LogP contribution in [0.2, 0.25) is 15.1 Å². The maximum Gasteiger partial charge on any atom is 0.0624 e. The molecule has 1 nitrogen and oxygen atoms in total. The highest BCUT2D eigenvalue weighted by atomic mass is 79.9. The maximum atomic E-state index is 6.29. The zero-order valence-corrected chi connectivity index (χ0v) is 14.6. The van der Waals surface area contributed by atoms with Gasteiger partial charge in [-0.2, -0.15) is 0 Å². The smallest absolute Gasteiger partial charge is 0.0624 e. The minimum Gasteiger partial charge on any atom is -0.313 e. The Morgan fingerprint density at radius 3 is 2.55 bits per heavy atom. The Hall–Kier alpha value is -0.250. The zero-order chi connectivity index (χ0) is 14.7. The number of hydrogen-bond donors (Lipinski definition) is 1. The molecule has 0 aliphatic rings. The first-order chi connectivity index (χ1) is 9.52. The van der Waals surface area contributed by atoms with Crippen molar-refractivity contribution >= 4 is 50.7 Å². The van der Waals surface area contributed by atoms with Crippen molar-refractivity contribution in [2.24, 2.45) is 0 Å². The summed E-state index contributed by atoms with van der Waals surface area (Å²) >= 11 is 22.1. The van der Waals surface area contributed by atoms with Gasteiger partial charge in [0.25, 0.3) is 0 Å². The Morgan fingerprint density at radius 2 is 1.85 bits per heavy atom. The average Bonchev–Trinajstić information content (AvgIpc) is 2.43. The van der Waals surface area contributed by atoms with Gasteiger partial charge in [-0.3, -0.25) is 0 Å². The van der Waals surface area contributed by atoms with E-state index >= 15 is 0 Å². The molecule has 1 N–H and O–H groups in total. The van der Waals surface area contributed by atoms with Crippen molar-refractivity contribution in [2.45, 2.75) is 12.5 Å². The average molecular weight is 394 g/mol. The maximum absolute atomic E-state index is 6.29. The summed E-state index contributed by atoms with van der Waals surface area (Å²) in [5, 5.41) is 5.17. The van der Waals surface area contributed by atoms with Crippen LogP contribution in [-0.4, -0.2) is 7.05 Å². The van der Waals surface area contributed by atoms with Crippen LogP contribution in [0.1, 0.15) is 17.2 Å². The van der Waals surface area contributed by atoms with Crippen LogP contribution in [0.15, 0.2) is 40.9 Å². The summed E-state index contributed by atoms with van der Waals surface area (Å²) in [6, 6.07) is 11.5. The van der Waals surface area contributed by atoms with Gasteiger partial charge >= 0.3 is 0 Å². The highest BCUT2D eigenvalue weighted by molar-refractivity contribution is 9.10. The van der Waals surface area contributed by atoms with Crippen molar-refractivity contribution in [2.75, 3.05) is 7.05 Å². The number of halogens is 4. The van der Waals surface area contributed by atoms with E-state index < -0.39 is 0 Å². The lowest BCUT2D eigenvalue weighted by molar-refractivity contribution is 0.592. The molecule has 20 heavy (non-hydrogen) atoms. The van der Waals surface area contributed by atoms with Gasteiger partial charge < -0.3 is 5.32 Å². The second-order valence-corrected chi connectivity index (χ2v) is 6.53. The summed E-state index contributed by atoms with van der Waals surface area (Å²) < 4.78 is 0.995. The van der Waals surface area contributed by atoms with Crippen LogP contribution in [0, 0.1) is 0 Å². The predicted octanol–water partition coefficient (Wildman–Crippen LogP) is 5.91. The fourth-order valence-corrected chi connectivity index (χ4v) is 3.10.